The molecule has 0 bridgehead atoms. The lowest BCUT2D eigenvalue weighted by molar-refractivity contribution is -0.122. The number of amides is 2. The van der Waals surface area contributed by atoms with E-state index in [1.165, 1.54) is 0 Å². The summed E-state index contributed by atoms with van der Waals surface area (Å²) >= 11 is 0. The fourth-order valence-corrected chi connectivity index (χ4v) is 3.80. The van der Waals surface area contributed by atoms with Gasteiger partial charge in [0.1, 0.15) is 0 Å². The number of hydrogen-bond donors (Lipinski definition) is 1. The van der Waals surface area contributed by atoms with E-state index in [4.69, 9.17) is 9.47 Å². The molecule has 0 saturated carbocycles. The smallest absolute Gasteiger partial charge is 0.253 e. The number of fused-ring (bicyclic) bond motifs is 1. The van der Waals surface area contributed by atoms with Crippen LogP contribution in [0.1, 0.15) is 40.7 Å². The number of likely N-dealkylation sites (tertiary alicyclic amines) is 1. The summed E-state index contributed by atoms with van der Waals surface area (Å²) < 4.78 is 10.7. The molecule has 0 unspecified atom stereocenters. The lowest BCUT2D eigenvalue weighted by Crippen LogP contribution is -2.39. The summed E-state index contributed by atoms with van der Waals surface area (Å²) in [6.07, 6.45) is 2.21. The summed E-state index contributed by atoms with van der Waals surface area (Å²) in [6.45, 7) is 4.13. The molecule has 6 nitrogen and oxygen atoms in total. The minimum atomic E-state index is 0.0472. The first-order valence-electron chi connectivity index (χ1n) is 10.1. The summed E-state index contributed by atoms with van der Waals surface area (Å²) in [4.78, 5) is 26.8. The summed E-state index contributed by atoms with van der Waals surface area (Å²) in [7, 11) is 0. The Hall–Kier alpha value is -3.02. The zero-order valence-electron chi connectivity index (χ0n) is 16.6. The van der Waals surface area contributed by atoms with Crippen molar-refractivity contribution >= 4 is 11.8 Å². The fourth-order valence-electron chi connectivity index (χ4n) is 3.80. The molecular formula is C23H26N2O4. The van der Waals surface area contributed by atoms with E-state index in [9.17, 15) is 9.59 Å². The van der Waals surface area contributed by atoms with Gasteiger partial charge in [0.15, 0.2) is 11.5 Å². The van der Waals surface area contributed by atoms with E-state index in [2.05, 4.69) is 5.32 Å². The lowest BCUT2D eigenvalue weighted by atomic mass is 9.92. The van der Waals surface area contributed by atoms with Crippen LogP contribution in [-0.4, -0.2) is 36.6 Å². The highest BCUT2D eigenvalue weighted by Crippen LogP contribution is 2.32. The van der Waals surface area contributed by atoms with Crippen molar-refractivity contribution in [3.63, 3.8) is 0 Å². The van der Waals surface area contributed by atoms with E-state index in [0.29, 0.717) is 32.0 Å². The highest BCUT2D eigenvalue weighted by atomic mass is 16.7. The van der Waals surface area contributed by atoms with Crippen molar-refractivity contribution in [2.24, 2.45) is 5.92 Å². The molecule has 1 N–H and O–H groups in total. The molecule has 0 atom stereocenters. The van der Waals surface area contributed by atoms with Crippen LogP contribution in [0.5, 0.6) is 11.5 Å². The number of carbonyl (C=O) groups excluding carboxylic acids is 2. The molecule has 0 radical (unpaired) electrons. The second-order valence-corrected chi connectivity index (χ2v) is 7.77. The summed E-state index contributed by atoms with van der Waals surface area (Å²) in [5.41, 5.74) is 2.86. The van der Waals surface area contributed by atoms with Gasteiger partial charge in [-0.2, -0.15) is 0 Å². The minimum absolute atomic E-state index is 0.0472. The van der Waals surface area contributed by atoms with Gasteiger partial charge in [0.25, 0.3) is 5.91 Å². The Morgan fingerprint density at radius 1 is 1.03 bits per heavy atom. The highest BCUT2D eigenvalue weighted by Gasteiger charge is 2.25. The van der Waals surface area contributed by atoms with Gasteiger partial charge in [-0.1, -0.05) is 23.8 Å². The number of hydrogen-bond acceptors (Lipinski definition) is 4. The molecule has 2 aliphatic rings. The third kappa shape index (κ3) is 4.70. The molecule has 2 aliphatic heterocycles. The normalized spacial score (nSPS) is 16.0. The maximum Gasteiger partial charge on any atom is 0.253 e. The number of piperidine rings is 1. The predicted molar refractivity (Wildman–Crippen MR) is 109 cm³/mol. The maximum absolute atomic E-state index is 12.6. The Kier molecular flexibility index (Phi) is 5.69. The van der Waals surface area contributed by atoms with Crippen LogP contribution in [0.15, 0.2) is 42.5 Å². The van der Waals surface area contributed by atoms with Gasteiger partial charge in [-0.25, -0.2) is 0 Å². The van der Waals surface area contributed by atoms with Crippen molar-refractivity contribution in [3.05, 3.63) is 59.2 Å². The van der Waals surface area contributed by atoms with Crippen molar-refractivity contribution in [3.8, 4) is 11.5 Å². The van der Waals surface area contributed by atoms with E-state index in [1.807, 2.05) is 54.3 Å². The molecule has 0 aromatic heterocycles. The van der Waals surface area contributed by atoms with Crippen LogP contribution in [-0.2, 0) is 11.3 Å². The van der Waals surface area contributed by atoms with Crippen LogP contribution in [0.4, 0.5) is 0 Å². The number of nitrogens with zero attached hydrogens (tertiary/aromatic N) is 1. The van der Waals surface area contributed by atoms with Crippen LogP contribution < -0.4 is 14.8 Å². The number of nitrogens with one attached hydrogen (secondary N) is 1. The van der Waals surface area contributed by atoms with E-state index in [-0.39, 0.29) is 18.6 Å². The molecule has 0 aliphatic carbocycles. The molecule has 1 fully saturated rings. The van der Waals surface area contributed by atoms with Crippen LogP contribution in [0.2, 0.25) is 0 Å². The van der Waals surface area contributed by atoms with Crippen molar-refractivity contribution < 1.29 is 19.1 Å². The van der Waals surface area contributed by atoms with Crippen molar-refractivity contribution in [2.75, 3.05) is 19.9 Å². The Labute approximate surface area is 170 Å². The largest absolute Gasteiger partial charge is 0.454 e. The van der Waals surface area contributed by atoms with Crippen LogP contribution in [0.25, 0.3) is 0 Å². The van der Waals surface area contributed by atoms with Crippen LogP contribution in [0.3, 0.4) is 0 Å². The van der Waals surface area contributed by atoms with Gasteiger partial charge in [0.05, 0.1) is 0 Å². The SMILES string of the molecule is Cc1ccc(C(=O)N2CCC(CC(=O)NCc3ccc4c(c3)OCO4)CC2)cc1. The van der Waals surface area contributed by atoms with Gasteiger partial charge in [0.2, 0.25) is 12.7 Å². The van der Waals surface area contributed by atoms with E-state index < -0.39 is 0 Å². The molecule has 29 heavy (non-hydrogen) atoms. The number of benzene rings is 2. The van der Waals surface area contributed by atoms with Gasteiger partial charge in [-0.3, -0.25) is 9.59 Å². The number of rotatable bonds is 5. The average Bonchev–Trinajstić information content (AvgIpc) is 3.21. The molecule has 2 aromatic rings. The number of ether oxygens (including phenoxy) is 2. The Bertz CT molecular complexity index is 886. The second kappa shape index (κ2) is 8.55. The molecule has 2 amide bonds. The van der Waals surface area contributed by atoms with Crippen molar-refractivity contribution in [2.45, 2.75) is 32.7 Å². The average molecular weight is 394 g/mol. The quantitative estimate of drug-likeness (QED) is 0.845. The summed E-state index contributed by atoms with van der Waals surface area (Å²) in [6, 6.07) is 13.4. The Balaban J connectivity index is 1.21. The van der Waals surface area contributed by atoms with Crippen LogP contribution in [0, 0.1) is 12.8 Å². The second-order valence-electron chi connectivity index (χ2n) is 7.77. The molecule has 152 valence electrons. The molecule has 0 spiro atoms. The fraction of sp³-hybridized carbons (Fsp3) is 0.391. The first-order chi connectivity index (χ1) is 14.1. The number of aryl methyl sites for hydroxylation is 1. The number of carbonyl (C=O) groups is 2. The molecular weight excluding hydrogens is 368 g/mol. The van der Waals surface area contributed by atoms with Crippen molar-refractivity contribution in [1.29, 1.82) is 0 Å². The van der Waals surface area contributed by atoms with Gasteiger partial charge in [-0.05, 0) is 55.5 Å². The first kappa shape index (κ1) is 19.3. The van der Waals surface area contributed by atoms with Gasteiger partial charge in [0, 0.05) is 31.6 Å². The summed E-state index contributed by atoms with van der Waals surface area (Å²) in [5.74, 6) is 1.91. The first-order valence-corrected chi connectivity index (χ1v) is 10.1. The molecule has 2 heterocycles. The van der Waals surface area contributed by atoms with Crippen molar-refractivity contribution in [1.82, 2.24) is 10.2 Å². The van der Waals surface area contributed by atoms with E-state index in [0.717, 1.165) is 41.0 Å². The Morgan fingerprint density at radius 2 is 1.76 bits per heavy atom. The minimum Gasteiger partial charge on any atom is -0.454 e. The lowest BCUT2D eigenvalue weighted by Gasteiger charge is -2.32. The third-order valence-electron chi connectivity index (χ3n) is 5.60. The van der Waals surface area contributed by atoms with E-state index in [1.54, 1.807) is 0 Å². The molecule has 2 aromatic carbocycles. The zero-order chi connectivity index (χ0) is 20.2. The third-order valence-corrected chi connectivity index (χ3v) is 5.60. The van der Waals surface area contributed by atoms with Gasteiger partial charge >= 0.3 is 0 Å². The predicted octanol–water partition coefficient (Wildman–Crippen LogP) is 3.28. The molecule has 4 rings (SSSR count). The molecule has 1 saturated heterocycles. The summed E-state index contributed by atoms with van der Waals surface area (Å²) in [5, 5.41) is 2.99. The van der Waals surface area contributed by atoms with Gasteiger partial charge in [-0.15, -0.1) is 0 Å². The topological polar surface area (TPSA) is 67.9 Å². The molecule has 6 heteroatoms. The standard InChI is InChI=1S/C23H26N2O4/c1-16-2-5-19(6-3-16)23(27)25-10-8-17(9-11-25)13-22(26)24-14-18-4-7-20-21(12-18)29-15-28-20/h2-7,12,17H,8-11,13-15H2,1H3,(H,24,26). The Morgan fingerprint density at radius 3 is 2.52 bits per heavy atom. The zero-order valence-corrected chi connectivity index (χ0v) is 16.6. The monoisotopic (exact) mass is 394 g/mol. The maximum atomic E-state index is 12.6. The van der Waals surface area contributed by atoms with E-state index >= 15 is 0 Å². The van der Waals surface area contributed by atoms with Crippen LogP contribution >= 0.6 is 0 Å². The van der Waals surface area contributed by atoms with Gasteiger partial charge < -0.3 is 19.7 Å². The highest BCUT2D eigenvalue weighted by molar-refractivity contribution is 5.94.